The molecule has 0 saturated heterocycles. The van der Waals surface area contributed by atoms with Crippen LogP contribution < -0.4 is 15.4 Å². The van der Waals surface area contributed by atoms with Crippen LogP contribution in [0.2, 0.25) is 5.02 Å². The number of hydrogen-bond donors (Lipinski definition) is 2. The molecule has 0 atom stereocenters. The van der Waals surface area contributed by atoms with Crippen molar-refractivity contribution in [3.63, 3.8) is 0 Å². The largest absolute Gasteiger partial charge is 0.495 e. The van der Waals surface area contributed by atoms with E-state index in [-0.39, 0.29) is 0 Å². The van der Waals surface area contributed by atoms with Crippen LogP contribution in [0.4, 0.5) is 17.3 Å². The fourth-order valence-corrected chi connectivity index (χ4v) is 2.66. The SMILES string of the molecule is COc1ccc(Nc2cc(NCc3ccccc3)nc(C)n2)cc1Cl. The van der Waals surface area contributed by atoms with Gasteiger partial charge in [0.1, 0.15) is 23.2 Å². The van der Waals surface area contributed by atoms with E-state index in [0.717, 1.165) is 11.5 Å². The zero-order valence-corrected chi connectivity index (χ0v) is 14.8. The summed E-state index contributed by atoms with van der Waals surface area (Å²) in [5, 5.41) is 7.11. The van der Waals surface area contributed by atoms with E-state index in [9.17, 15) is 0 Å². The molecule has 6 heteroatoms. The Hall–Kier alpha value is -2.79. The first-order valence-corrected chi connectivity index (χ1v) is 8.26. The van der Waals surface area contributed by atoms with Gasteiger partial charge < -0.3 is 15.4 Å². The third-order valence-electron chi connectivity index (χ3n) is 3.58. The summed E-state index contributed by atoms with van der Waals surface area (Å²) in [7, 11) is 1.59. The molecule has 128 valence electrons. The number of aryl methyl sites for hydroxylation is 1. The number of aromatic nitrogens is 2. The minimum absolute atomic E-state index is 0.542. The van der Waals surface area contributed by atoms with Crippen molar-refractivity contribution in [1.29, 1.82) is 0 Å². The minimum atomic E-state index is 0.542. The summed E-state index contributed by atoms with van der Waals surface area (Å²) in [4.78, 5) is 8.85. The molecule has 2 N–H and O–H groups in total. The minimum Gasteiger partial charge on any atom is -0.495 e. The Bertz CT molecular complexity index is 855. The third kappa shape index (κ3) is 4.61. The quantitative estimate of drug-likeness (QED) is 0.665. The maximum absolute atomic E-state index is 6.17. The molecule has 0 unspecified atom stereocenters. The van der Waals surface area contributed by atoms with Gasteiger partial charge >= 0.3 is 0 Å². The van der Waals surface area contributed by atoms with Crippen molar-refractivity contribution in [2.75, 3.05) is 17.7 Å². The monoisotopic (exact) mass is 354 g/mol. The molecule has 0 aliphatic heterocycles. The molecule has 0 radical (unpaired) electrons. The van der Waals surface area contributed by atoms with Gasteiger partial charge in [-0.05, 0) is 30.7 Å². The molecule has 1 heterocycles. The molecule has 1 aromatic heterocycles. The second-order valence-corrected chi connectivity index (χ2v) is 5.91. The molecule has 0 amide bonds. The Balaban J connectivity index is 1.74. The van der Waals surface area contributed by atoms with Gasteiger partial charge in [-0.2, -0.15) is 0 Å². The number of ether oxygens (including phenoxy) is 1. The summed E-state index contributed by atoms with van der Waals surface area (Å²) in [6, 6.07) is 17.5. The van der Waals surface area contributed by atoms with Gasteiger partial charge in [-0.15, -0.1) is 0 Å². The molecular weight excluding hydrogens is 336 g/mol. The number of halogens is 1. The number of nitrogens with one attached hydrogen (secondary N) is 2. The number of hydrogen-bond acceptors (Lipinski definition) is 5. The Kier molecular flexibility index (Phi) is 5.36. The van der Waals surface area contributed by atoms with Crippen LogP contribution in [-0.2, 0) is 6.54 Å². The predicted molar refractivity (Wildman–Crippen MR) is 102 cm³/mol. The Labute approximate surface area is 152 Å². The van der Waals surface area contributed by atoms with Crippen LogP contribution in [0.5, 0.6) is 5.75 Å². The van der Waals surface area contributed by atoms with Gasteiger partial charge in [-0.1, -0.05) is 41.9 Å². The molecule has 0 aliphatic carbocycles. The lowest BCUT2D eigenvalue weighted by molar-refractivity contribution is 0.415. The molecule has 0 spiro atoms. The van der Waals surface area contributed by atoms with E-state index in [0.29, 0.717) is 29.0 Å². The van der Waals surface area contributed by atoms with Gasteiger partial charge in [0.05, 0.1) is 12.1 Å². The topological polar surface area (TPSA) is 59.1 Å². The summed E-state index contributed by atoms with van der Waals surface area (Å²) in [5.41, 5.74) is 2.02. The maximum atomic E-state index is 6.17. The van der Waals surface area contributed by atoms with Crippen molar-refractivity contribution in [2.24, 2.45) is 0 Å². The van der Waals surface area contributed by atoms with Crippen molar-refractivity contribution in [1.82, 2.24) is 9.97 Å². The smallest absolute Gasteiger partial charge is 0.137 e. The molecule has 3 aromatic rings. The van der Waals surface area contributed by atoms with Gasteiger partial charge in [0.25, 0.3) is 0 Å². The van der Waals surface area contributed by atoms with Crippen molar-refractivity contribution in [2.45, 2.75) is 13.5 Å². The lowest BCUT2D eigenvalue weighted by atomic mass is 10.2. The van der Waals surface area contributed by atoms with Gasteiger partial charge in [0.15, 0.2) is 0 Å². The van der Waals surface area contributed by atoms with Crippen LogP contribution in [0.3, 0.4) is 0 Å². The lowest BCUT2D eigenvalue weighted by Gasteiger charge is -2.11. The second-order valence-electron chi connectivity index (χ2n) is 5.50. The molecule has 3 rings (SSSR count). The van der Waals surface area contributed by atoms with E-state index in [1.165, 1.54) is 5.56 Å². The summed E-state index contributed by atoms with van der Waals surface area (Å²) < 4.78 is 5.17. The first-order valence-electron chi connectivity index (χ1n) is 7.88. The number of methoxy groups -OCH3 is 1. The van der Waals surface area contributed by atoms with Gasteiger partial charge in [0, 0.05) is 18.3 Å². The Morgan fingerprint density at radius 3 is 2.48 bits per heavy atom. The average Bonchev–Trinajstić information content (AvgIpc) is 2.61. The fourth-order valence-electron chi connectivity index (χ4n) is 2.40. The molecule has 5 nitrogen and oxygen atoms in total. The summed E-state index contributed by atoms with van der Waals surface area (Å²) >= 11 is 6.17. The number of anilines is 3. The van der Waals surface area contributed by atoms with Gasteiger partial charge in [-0.25, -0.2) is 9.97 Å². The second kappa shape index (κ2) is 7.85. The van der Waals surface area contributed by atoms with Crippen LogP contribution in [0.15, 0.2) is 54.6 Å². The van der Waals surface area contributed by atoms with E-state index in [1.54, 1.807) is 13.2 Å². The average molecular weight is 355 g/mol. The van der Waals surface area contributed by atoms with Gasteiger partial charge in [0.2, 0.25) is 0 Å². The molecule has 2 aromatic carbocycles. The highest BCUT2D eigenvalue weighted by molar-refractivity contribution is 6.32. The van der Waals surface area contributed by atoms with Crippen LogP contribution in [0, 0.1) is 6.92 Å². The van der Waals surface area contributed by atoms with E-state index in [2.05, 4.69) is 32.7 Å². The normalized spacial score (nSPS) is 10.4. The molecule has 0 bridgehead atoms. The first kappa shape index (κ1) is 17.0. The highest BCUT2D eigenvalue weighted by Crippen LogP contribution is 2.28. The standard InChI is InChI=1S/C19H19ClN4O/c1-13-22-18(21-12-14-6-4-3-5-7-14)11-19(23-13)24-15-8-9-17(25-2)16(20)10-15/h3-11H,12H2,1-2H3,(H2,21,22,23,24). The van der Waals surface area contributed by atoms with Crippen molar-refractivity contribution in [3.05, 3.63) is 71.0 Å². The molecule has 0 fully saturated rings. The number of rotatable bonds is 6. The highest BCUT2D eigenvalue weighted by atomic mass is 35.5. The molecule has 0 saturated carbocycles. The van der Waals surface area contributed by atoms with E-state index in [1.807, 2.05) is 43.3 Å². The first-order chi connectivity index (χ1) is 12.1. The fraction of sp³-hybridized carbons (Fsp3) is 0.158. The van der Waals surface area contributed by atoms with Crippen LogP contribution in [0.1, 0.15) is 11.4 Å². The Morgan fingerprint density at radius 2 is 1.76 bits per heavy atom. The van der Waals surface area contributed by atoms with E-state index < -0.39 is 0 Å². The van der Waals surface area contributed by atoms with Crippen LogP contribution in [-0.4, -0.2) is 17.1 Å². The van der Waals surface area contributed by atoms with Crippen LogP contribution >= 0.6 is 11.6 Å². The van der Waals surface area contributed by atoms with Gasteiger partial charge in [-0.3, -0.25) is 0 Å². The Morgan fingerprint density at radius 1 is 1.00 bits per heavy atom. The molecular formula is C19H19ClN4O. The lowest BCUT2D eigenvalue weighted by Crippen LogP contribution is -2.05. The predicted octanol–water partition coefficient (Wildman–Crippen LogP) is 4.80. The third-order valence-corrected chi connectivity index (χ3v) is 3.87. The van der Waals surface area contributed by atoms with Crippen LogP contribution in [0.25, 0.3) is 0 Å². The summed E-state index contributed by atoms with van der Waals surface area (Å²) in [5.74, 6) is 2.78. The highest BCUT2D eigenvalue weighted by Gasteiger charge is 2.05. The number of benzene rings is 2. The zero-order chi connectivity index (χ0) is 17.6. The zero-order valence-electron chi connectivity index (χ0n) is 14.1. The van der Waals surface area contributed by atoms with Crippen molar-refractivity contribution < 1.29 is 4.74 Å². The maximum Gasteiger partial charge on any atom is 0.137 e. The van der Waals surface area contributed by atoms with E-state index >= 15 is 0 Å². The summed E-state index contributed by atoms with van der Waals surface area (Å²) in [6.45, 7) is 2.56. The van der Waals surface area contributed by atoms with Crippen molar-refractivity contribution >= 4 is 28.9 Å². The van der Waals surface area contributed by atoms with E-state index in [4.69, 9.17) is 16.3 Å². The number of nitrogens with zero attached hydrogens (tertiary/aromatic N) is 2. The molecule has 0 aliphatic rings. The molecule has 25 heavy (non-hydrogen) atoms. The van der Waals surface area contributed by atoms with Crippen molar-refractivity contribution in [3.8, 4) is 5.75 Å². The summed E-state index contributed by atoms with van der Waals surface area (Å²) in [6.07, 6.45) is 0.